The molecule has 0 amide bonds. The number of unbranched alkanes of at least 4 members (excludes halogenated alkanes) is 10. The van der Waals surface area contributed by atoms with Crippen molar-refractivity contribution < 1.29 is 26.5 Å². The van der Waals surface area contributed by atoms with Crippen LogP contribution < -0.4 is 17.0 Å². The molecule has 0 fully saturated rings. The van der Waals surface area contributed by atoms with Crippen molar-refractivity contribution >= 4 is 5.97 Å². The van der Waals surface area contributed by atoms with Crippen molar-refractivity contribution in [3.8, 4) is 0 Å². The summed E-state index contributed by atoms with van der Waals surface area (Å²) in [6.45, 7) is 3.45. The van der Waals surface area contributed by atoms with Crippen LogP contribution in [0.4, 0.5) is 0 Å². The molecule has 0 spiro atoms. The molecule has 0 aromatic carbocycles. The Kier molecular flexibility index (Phi) is 15.8. The maximum atomic E-state index is 11.7. The van der Waals surface area contributed by atoms with E-state index in [1.807, 2.05) is 34.9 Å². The molecule has 0 unspecified atom stereocenters. The van der Waals surface area contributed by atoms with E-state index in [0.717, 1.165) is 19.4 Å². The smallest absolute Gasteiger partial charge is 0.305 e. The molecule has 0 N–H and O–H groups in total. The zero-order valence-corrected chi connectivity index (χ0v) is 17.0. The van der Waals surface area contributed by atoms with Gasteiger partial charge in [-0.1, -0.05) is 71.1 Å². The zero-order chi connectivity index (χ0) is 17.5. The summed E-state index contributed by atoms with van der Waals surface area (Å²) in [5.74, 6) is -0.0533. The molecule has 0 aliphatic carbocycles. The van der Waals surface area contributed by atoms with Crippen LogP contribution >= 0.6 is 0 Å². The van der Waals surface area contributed by atoms with Gasteiger partial charge >= 0.3 is 5.97 Å². The summed E-state index contributed by atoms with van der Waals surface area (Å²) < 4.78 is 9.28. The van der Waals surface area contributed by atoms with Crippen LogP contribution in [0.25, 0.3) is 0 Å². The highest BCUT2D eigenvalue weighted by Gasteiger charge is 2.05. The topological polar surface area (TPSA) is 35.1 Å². The Balaban J connectivity index is 0.00000576. The largest absolute Gasteiger partial charge is 1.00 e. The molecule has 4 nitrogen and oxygen atoms in total. The first-order valence-electron chi connectivity index (χ1n) is 9.89. The van der Waals surface area contributed by atoms with Crippen molar-refractivity contribution in [2.24, 2.45) is 7.05 Å². The van der Waals surface area contributed by atoms with Crippen LogP contribution in [0, 0.1) is 0 Å². The van der Waals surface area contributed by atoms with Crippen LogP contribution in [-0.2, 0) is 23.1 Å². The Bertz CT molecular complexity index is 435. The number of aromatic nitrogens is 2. The highest BCUT2D eigenvalue weighted by Crippen LogP contribution is 2.12. The predicted molar refractivity (Wildman–Crippen MR) is 97.6 cm³/mol. The Morgan fingerprint density at radius 2 is 1.52 bits per heavy atom. The molecule has 0 saturated carbocycles. The summed E-state index contributed by atoms with van der Waals surface area (Å²) in [6.07, 6.45) is 20.8. The standard InChI is InChI=1S/C20H37N2O2.ClH/c1-3-4-5-6-7-8-9-10-11-12-13-14-20(23)24-18-17-22-16-15-21(2)19-22;/h15-16,19H,3-14,17-18H2,1-2H3;1H/q+1;/p-1. The lowest BCUT2D eigenvalue weighted by molar-refractivity contribution is -0.671. The summed E-state index contributed by atoms with van der Waals surface area (Å²) in [6, 6.07) is 0. The number of halogens is 1. The van der Waals surface area contributed by atoms with Crippen molar-refractivity contribution in [3.63, 3.8) is 0 Å². The third-order valence-electron chi connectivity index (χ3n) is 4.42. The van der Waals surface area contributed by atoms with Crippen LogP contribution in [0.3, 0.4) is 0 Å². The number of nitrogens with zero attached hydrogens (tertiary/aromatic N) is 2. The molecule has 5 heteroatoms. The van der Waals surface area contributed by atoms with E-state index < -0.39 is 0 Å². The molecule has 1 rings (SSSR count). The van der Waals surface area contributed by atoms with Gasteiger partial charge in [0.2, 0.25) is 6.33 Å². The molecule has 0 aliphatic rings. The number of imidazole rings is 1. The van der Waals surface area contributed by atoms with Crippen LogP contribution in [0.2, 0.25) is 0 Å². The van der Waals surface area contributed by atoms with Gasteiger partial charge in [-0.25, -0.2) is 9.13 Å². The van der Waals surface area contributed by atoms with E-state index in [9.17, 15) is 4.79 Å². The van der Waals surface area contributed by atoms with Crippen LogP contribution in [0.15, 0.2) is 18.7 Å². The van der Waals surface area contributed by atoms with E-state index in [2.05, 4.69) is 6.92 Å². The quantitative estimate of drug-likeness (QED) is 0.266. The molecule has 0 radical (unpaired) electrons. The average Bonchev–Trinajstić information content (AvgIpc) is 2.98. The molecule has 0 bridgehead atoms. The van der Waals surface area contributed by atoms with E-state index in [1.165, 1.54) is 57.8 Å². The van der Waals surface area contributed by atoms with Gasteiger partial charge in [0.1, 0.15) is 25.5 Å². The van der Waals surface area contributed by atoms with Crippen molar-refractivity contribution in [1.29, 1.82) is 0 Å². The Labute approximate surface area is 160 Å². The van der Waals surface area contributed by atoms with Gasteiger partial charge in [0.25, 0.3) is 0 Å². The lowest BCUT2D eigenvalue weighted by atomic mass is 10.1. The predicted octanol–water partition coefficient (Wildman–Crippen LogP) is 1.56. The first-order chi connectivity index (χ1) is 11.7. The molecular weight excluding hydrogens is 336 g/mol. The van der Waals surface area contributed by atoms with E-state index in [-0.39, 0.29) is 18.4 Å². The maximum absolute atomic E-state index is 11.7. The number of rotatable bonds is 15. The molecule has 1 aromatic rings. The second kappa shape index (κ2) is 16.4. The molecule has 0 aliphatic heterocycles. The van der Waals surface area contributed by atoms with E-state index >= 15 is 0 Å². The Hall–Kier alpha value is -1.03. The highest BCUT2D eigenvalue weighted by molar-refractivity contribution is 5.69. The third kappa shape index (κ3) is 13.9. The lowest BCUT2D eigenvalue weighted by Crippen LogP contribution is -3.00. The second-order valence-electron chi connectivity index (χ2n) is 6.82. The first-order valence-corrected chi connectivity index (χ1v) is 9.89. The van der Waals surface area contributed by atoms with Gasteiger partial charge in [-0.15, -0.1) is 0 Å². The summed E-state index contributed by atoms with van der Waals surface area (Å²) in [7, 11) is 1.98. The van der Waals surface area contributed by atoms with Gasteiger partial charge in [-0.05, 0) is 6.42 Å². The molecule has 1 aromatic heterocycles. The SMILES string of the molecule is CCCCCCCCCCCCCC(=O)OCCn1cc[n+](C)c1.[Cl-]. The Morgan fingerprint density at radius 3 is 2.04 bits per heavy atom. The van der Waals surface area contributed by atoms with Gasteiger partial charge in [0, 0.05) is 6.42 Å². The lowest BCUT2D eigenvalue weighted by Gasteiger charge is -2.04. The van der Waals surface area contributed by atoms with Crippen molar-refractivity contribution in [1.82, 2.24) is 4.57 Å². The van der Waals surface area contributed by atoms with Crippen molar-refractivity contribution in [3.05, 3.63) is 18.7 Å². The number of hydrogen-bond donors (Lipinski definition) is 0. The molecule has 0 atom stereocenters. The molecule has 0 saturated heterocycles. The fourth-order valence-corrected chi connectivity index (χ4v) is 2.90. The van der Waals surface area contributed by atoms with Gasteiger partial charge in [0.05, 0.1) is 7.05 Å². The highest BCUT2D eigenvalue weighted by atomic mass is 35.5. The number of carbonyl (C=O) groups is 1. The number of aryl methyl sites for hydroxylation is 1. The average molecular weight is 373 g/mol. The number of ether oxygens (including phenoxy) is 1. The second-order valence-corrected chi connectivity index (χ2v) is 6.82. The molecular formula is C20H37ClN2O2. The normalized spacial score (nSPS) is 10.5. The number of carbonyl (C=O) groups excluding carboxylic acids is 1. The van der Waals surface area contributed by atoms with Crippen molar-refractivity contribution in [2.75, 3.05) is 6.61 Å². The van der Waals surface area contributed by atoms with Crippen LogP contribution in [0.1, 0.15) is 84.0 Å². The summed E-state index contributed by atoms with van der Waals surface area (Å²) >= 11 is 0. The van der Waals surface area contributed by atoms with Crippen molar-refractivity contribution in [2.45, 2.75) is 90.5 Å². The van der Waals surface area contributed by atoms with Gasteiger partial charge in [-0.3, -0.25) is 4.79 Å². The van der Waals surface area contributed by atoms with Crippen LogP contribution in [-0.4, -0.2) is 17.1 Å². The van der Waals surface area contributed by atoms with Crippen LogP contribution in [0.5, 0.6) is 0 Å². The zero-order valence-electron chi connectivity index (χ0n) is 16.2. The first kappa shape index (κ1) is 24.0. The minimum absolute atomic E-state index is 0. The summed E-state index contributed by atoms with van der Waals surface area (Å²) in [5.41, 5.74) is 0. The van der Waals surface area contributed by atoms with Gasteiger partial charge in [0.15, 0.2) is 0 Å². The van der Waals surface area contributed by atoms with E-state index in [0.29, 0.717) is 13.0 Å². The number of hydrogen-bond acceptors (Lipinski definition) is 2. The van der Waals surface area contributed by atoms with E-state index in [4.69, 9.17) is 4.74 Å². The molecule has 146 valence electrons. The minimum atomic E-state index is -0.0533. The summed E-state index contributed by atoms with van der Waals surface area (Å²) in [4.78, 5) is 11.7. The fraction of sp³-hybridized carbons (Fsp3) is 0.800. The van der Waals surface area contributed by atoms with Gasteiger partial charge < -0.3 is 17.1 Å². The third-order valence-corrected chi connectivity index (χ3v) is 4.42. The Morgan fingerprint density at radius 1 is 0.960 bits per heavy atom. The molecule has 25 heavy (non-hydrogen) atoms. The molecule has 1 heterocycles. The summed E-state index contributed by atoms with van der Waals surface area (Å²) in [5, 5.41) is 0. The minimum Gasteiger partial charge on any atom is -1.00 e. The monoisotopic (exact) mass is 372 g/mol. The van der Waals surface area contributed by atoms with Gasteiger partial charge in [-0.2, -0.15) is 0 Å². The maximum Gasteiger partial charge on any atom is 0.305 e. The fourth-order valence-electron chi connectivity index (χ4n) is 2.90. The van der Waals surface area contributed by atoms with E-state index in [1.54, 1.807) is 0 Å². The number of esters is 1.